The van der Waals surface area contributed by atoms with E-state index in [9.17, 15) is 19.6 Å². The fourth-order valence-corrected chi connectivity index (χ4v) is 5.12. The van der Waals surface area contributed by atoms with E-state index < -0.39 is 47.4 Å². The summed E-state index contributed by atoms with van der Waals surface area (Å²) in [6.07, 6.45) is 0.934. The zero-order chi connectivity index (χ0) is 25.4. The van der Waals surface area contributed by atoms with Crippen molar-refractivity contribution in [3.8, 4) is 0 Å². The minimum absolute atomic E-state index is 0.00127. The molecule has 3 heterocycles. The molecule has 2 aromatic rings. The van der Waals surface area contributed by atoms with Gasteiger partial charge in [-0.05, 0) is 39.3 Å². The van der Waals surface area contributed by atoms with E-state index in [4.69, 9.17) is 14.2 Å². The first kappa shape index (κ1) is 25.0. The number of nitrogens with one attached hydrogen (secondary N) is 2. The summed E-state index contributed by atoms with van der Waals surface area (Å²) < 4.78 is 16.1. The van der Waals surface area contributed by atoms with Gasteiger partial charge in [0.15, 0.2) is 0 Å². The van der Waals surface area contributed by atoms with E-state index >= 15 is 0 Å². The largest absolute Gasteiger partial charge is 0.462 e. The Kier molecular flexibility index (Phi) is 6.79. The SMILES string of the molecule is CC1(C)CC(OC(=O)N[C@@H](Cc2c[nH]c3ccccc23)C(=O)O[C@H]2COC(=O)C2)CC(C)(C)N1O. The normalized spacial score (nSPS) is 23.0. The van der Waals surface area contributed by atoms with Crippen LogP contribution in [0.1, 0.15) is 52.5 Å². The van der Waals surface area contributed by atoms with Crippen molar-refractivity contribution >= 4 is 28.9 Å². The number of nitrogens with zero attached hydrogens (tertiary/aromatic N) is 1. The van der Waals surface area contributed by atoms with Crippen LogP contribution in [0.15, 0.2) is 30.5 Å². The molecule has 1 aromatic heterocycles. The molecule has 0 radical (unpaired) electrons. The van der Waals surface area contributed by atoms with E-state index in [2.05, 4.69) is 10.3 Å². The molecule has 190 valence electrons. The van der Waals surface area contributed by atoms with E-state index in [-0.39, 0.29) is 19.4 Å². The van der Waals surface area contributed by atoms with Gasteiger partial charge in [0, 0.05) is 47.4 Å². The Morgan fingerprint density at radius 3 is 2.51 bits per heavy atom. The van der Waals surface area contributed by atoms with Crippen LogP contribution < -0.4 is 5.32 Å². The van der Waals surface area contributed by atoms with Crippen LogP contribution in [0.2, 0.25) is 0 Å². The molecule has 0 saturated carbocycles. The smallest absolute Gasteiger partial charge is 0.408 e. The quantitative estimate of drug-likeness (QED) is 0.419. The molecule has 0 unspecified atom stereocenters. The van der Waals surface area contributed by atoms with Crippen LogP contribution in [0.4, 0.5) is 4.79 Å². The summed E-state index contributed by atoms with van der Waals surface area (Å²) in [5.41, 5.74) is 0.554. The number of alkyl carbamates (subject to hydrolysis) is 1. The number of hydrogen-bond donors (Lipinski definition) is 3. The standard InChI is InChI=1S/C25H33N3O7/c1-24(2)11-17(12-25(3,4)28(24)32)35-23(31)27-20(22(30)34-16-10-21(29)33-14-16)9-15-13-26-19-8-6-5-7-18(15)19/h5-8,13,16-17,20,26,32H,9-12,14H2,1-4H3,(H,27,31)/t16-,20+/m1/s1. The van der Waals surface area contributed by atoms with Gasteiger partial charge in [0.05, 0.1) is 6.42 Å². The molecule has 4 rings (SSSR count). The predicted molar refractivity (Wildman–Crippen MR) is 126 cm³/mol. The minimum Gasteiger partial charge on any atom is -0.462 e. The average Bonchev–Trinajstić information content (AvgIpc) is 3.37. The van der Waals surface area contributed by atoms with Gasteiger partial charge in [-0.2, -0.15) is 5.06 Å². The molecule has 0 bridgehead atoms. The monoisotopic (exact) mass is 487 g/mol. The molecule has 0 spiro atoms. The molecule has 2 atom stereocenters. The Hall–Kier alpha value is -3.11. The number of rotatable bonds is 6. The second-order valence-electron chi connectivity index (χ2n) is 10.6. The van der Waals surface area contributed by atoms with Crippen LogP contribution in [0, 0.1) is 0 Å². The van der Waals surface area contributed by atoms with Gasteiger partial charge in [-0.1, -0.05) is 18.2 Å². The first-order valence-corrected chi connectivity index (χ1v) is 11.8. The van der Waals surface area contributed by atoms with Gasteiger partial charge in [-0.3, -0.25) is 4.79 Å². The lowest BCUT2D eigenvalue weighted by atomic mass is 9.80. The Morgan fingerprint density at radius 1 is 1.17 bits per heavy atom. The Labute approximate surface area is 203 Å². The van der Waals surface area contributed by atoms with E-state index in [0.29, 0.717) is 12.8 Å². The molecular weight excluding hydrogens is 454 g/mol. The summed E-state index contributed by atoms with van der Waals surface area (Å²) >= 11 is 0. The Bertz CT molecular complexity index is 1090. The number of para-hydroxylation sites is 1. The van der Waals surface area contributed by atoms with Crippen LogP contribution in [-0.4, -0.2) is 69.2 Å². The lowest BCUT2D eigenvalue weighted by Crippen LogP contribution is -2.61. The first-order chi connectivity index (χ1) is 16.4. The number of hydrogen-bond acceptors (Lipinski definition) is 8. The molecule has 10 heteroatoms. The third-order valence-corrected chi connectivity index (χ3v) is 6.66. The first-order valence-electron chi connectivity index (χ1n) is 11.8. The van der Waals surface area contributed by atoms with Crippen molar-refractivity contribution in [2.75, 3.05) is 6.61 Å². The van der Waals surface area contributed by atoms with E-state index in [1.807, 2.05) is 52.0 Å². The predicted octanol–water partition coefficient (Wildman–Crippen LogP) is 3.07. The maximum atomic E-state index is 13.0. The molecule has 3 N–H and O–H groups in total. The van der Waals surface area contributed by atoms with Crippen molar-refractivity contribution < 1.29 is 33.8 Å². The van der Waals surface area contributed by atoms with Crippen LogP contribution >= 0.6 is 0 Å². The van der Waals surface area contributed by atoms with Crippen molar-refractivity contribution in [2.45, 2.75) is 82.7 Å². The van der Waals surface area contributed by atoms with Gasteiger partial charge >= 0.3 is 18.0 Å². The highest BCUT2D eigenvalue weighted by atomic mass is 16.6. The topological polar surface area (TPSA) is 130 Å². The molecule has 0 aliphatic carbocycles. The summed E-state index contributed by atoms with van der Waals surface area (Å²) in [5.74, 6) is -1.09. The lowest BCUT2D eigenvalue weighted by molar-refractivity contribution is -0.256. The zero-order valence-electron chi connectivity index (χ0n) is 20.5. The van der Waals surface area contributed by atoms with Crippen LogP contribution in [0.25, 0.3) is 10.9 Å². The van der Waals surface area contributed by atoms with Crippen molar-refractivity contribution in [3.05, 3.63) is 36.0 Å². The number of carbonyl (C=O) groups is 3. The number of hydroxylamine groups is 2. The van der Waals surface area contributed by atoms with Crippen LogP contribution in [0.3, 0.4) is 0 Å². The maximum Gasteiger partial charge on any atom is 0.408 e. The van der Waals surface area contributed by atoms with Gasteiger partial charge in [0.2, 0.25) is 0 Å². The summed E-state index contributed by atoms with van der Waals surface area (Å²) in [7, 11) is 0. The summed E-state index contributed by atoms with van der Waals surface area (Å²) in [4.78, 5) is 40.5. The number of amides is 1. The van der Waals surface area contributed by atoms with Crippen LogP contribution in [0.5, 0.6) is 0 Å². The number of aromatic nitrogens is 1. The molecule has 1 amide bonds. The number of fused-ring (bicyclic) bond motifs is 1. The van der Waals surface area contributed by atoms with Gasteiger partial charge < -0.3 is 29.7 Å². The van der Waals surface area contributed by atoms with Gasteiger partial charge in [0.1, 0.15) is 24.9 Å². The number of aromatic amines is 1. The highest BCUT2D eigenvalue weighted by Gasteiger charge is 2.46. The molecule has 2 aliphatic heterocycles. The fourth-order valence-electron chi connectivity index (χ4n) is 5.12. The molecule has 1 aromatic carbocycles. The fraction of sp³-hybridized carbons (Fsp3) is 0.560. The highest BCUT2D eigenvalue weighted by molar-refractivity contribution is 5.86. The molecule has 10 nitrogen and oxygen atoms in total. The number of esters is 2. The number of cyclic esters (lactones) is 1. The highest BCUT2D eigenvalue weighted by Crippen LogP contribution is 2.38. The number of carbonyl (C=O) groups excluding carboxylic acids is 3. The second kappa shape index (κ2) is 9.50. The van der Waals surface area contributed by atoms with Gasteiger partial charge in [0.25, 0.3) is 0 Å². The average molecular weight is 488 g/mol. The van der Waals surface area contributed by atoms with Gasteiger partial charge in [-0.25, -0.2) is 9.59 Å². The molecular formula is C25H33N3O7. The number of H-pyrrole nitrogens is 1. The van der Waals surface area contributed by atoms with E-state index in [1.54, 1.807) is 6.20 Å². The maximum absolute atomic E-state index is 13.0. The van der Waals surface area contributed by atoms with Crippen molar-refractivity contribution in [1.82, 2.24) is 15.4 Å². The van der Waals surface area contributed by atoms with Crippen molar-refractivity contribution in [3.63, 3.8) is 0 Å². The number of benzene rings is 1. The second-order valence-corrected chi connectivity index (χ2v) is 10.6. The molecule has 2 aliphatic rings. The molecule has 2 fully saturated rings. The zero-order valence-corrected chi connectivity index (χ0v) is 20.5. The summed E-state index contributed by atoms with van der Waals surface area (Å²) in [5, 5.41) is 15.4. The third-order valence-electron chi connectivity index (χ3n) is 6.66. The van der Waals surface area contributed by atoms with Crippen LogP contribution in [-0.2, 0) is 30.2 Å². The Balaban J connectivity index is 1.48. The van der Waals surface area contributed by atoms with E-state index in [1.165, 1.54) is 5.06 Å². The number of ether oxygens (including phenoxy) is 3. The lowest BCUT2D eigenvalue weighted by Gasteiger charge is -2.50. The molecule has 35 heavy (non-hydrogen) atoms. The summed E-state index contributed by atoms with van der Waals surface area (Å²) in [6.45, 7) is 7.52. The van der Waals surface area contributed by atoms with Gasteiger partial charge in [-0.15, -0.1) is 0 Å². The minimum atomic E-state index is -1.03. The van der Waals surface area contributed by atoms with Crippen molar-refractivity contribution in [1.29, 1.82) is 0 Å². The van der Waals surface area contributed by atoms with E-state index in [0.717, 1.165) is 16.5 Å². The summed E-state index contributed by atoms with van der Waals surface area (Å²) in [6, 6.07) is 6.62. The molecule has 2 saturated heterocycles. The third kappa shape index (κ3) is 5.59. The van der Waals surface area contributed by atoms with Crippen molar-refractivity contribution in [2.24, 2.45) is 0 Å². The Morgan fingerprint density at radius 2 is 1.86 bits per heavy atom. The number of piperidine rings is 1.